The Kier molecular flexibility index (Phi) is 5.00. The molecule has 1 fully saturated rings. The molecule has 2 heterocycles. The maximum atomic E-state index is 5.56. The molecule has 1 saturated heterocycles. The van der Waals surface area contributed by atoms with Gasteiger partial charge in [0.05, 0.1) is 0 Å². The first-order valence-corrected chi connectivity index (χ1v) is 7.69. The normalized spacial score (nSPS) is 18.8. The zero-order valence-corrected chi connectivity index (χ0v) is 13.6. The van der Waals surface area contributed by atoms with Crippen molar-refractivity contribution in [1.29, 1.82) is 0 Å². The van der Waals surface area contributed by atoms with Gasteiger partial charge in [-0.3, -0.25) is 0 Å². The van der Waals surface area contributed by atoms with E-state index < -0.39 is 0 Å². The van der Waals surface area contributed by atoms with Gasteiger partial charge >= 0.3 is 0 Å². The summed E-state index contributed by atoms with van der Waals surface area (Å²) < 4.78 is 0. The average Bonchev–Trinajstić information content (AvgIpc) is 2.48. The lowest BCUT2D eigenvalue weighted by Gasteiger charge is -2.38. The number of hydrogen-bond acceptors (Lipinski definition) is 6. The van der Waals surface area contributed by atoms with Gasteiger partial charge in [-0.25, -0.2) is 15.8 Å². The van der Waals surface area contributed by atoms with Crippen LogP contribution in [-0.2, 0) is 0 Å². The van der Waals surface area contributed by atoms with Gasteiger partial charge < -0.3 is 15.6 Å². The van der Waals surface area contributed by atoms with Gasteiger partial charge in [0.25, 0.3) is 0 Å². The number of nitrogen functional groups attached to an aromatic ring is 1. The fourth-order valence-electron chi connectivity index (χ4n) is 2.83. The van der Waals surface area contributed by atoms with E-state index in [1.54, 1.807) is 6.33 Å². The Morgan fingerprint density at radius 3 is 2.48 bits per heavy atom. The van der Waals surface area contributed by atoms with Crippen LogP contribution in [0.15, 0.2) is 6.33 Å². The van der Waals surface area contributed by atoms with Crippen molar-refractivity contribution in [2.24, 2.45) is 11.3 Å². The standard InChI is InChI=1S/C15H28N6/c1-11(2)12-13(18-10-19-14(12)20-16)17-9-15(3)5-7-21(4)8-6-15/h10-11H,5-9,16H2,1-4H3,(H2,17,18,19,20). The highest BCUT2D eigenvalue weighted by Gasteiger charge is 2.29. The number of rotatable bonds is 5. The number of likely N-dealkylation sites (tertiary alicyclic amines) is 1. The molecule has 0 saturated carbocycles. The second kappa shape index (κ2) is 6.58. The van der Waals surface area contributed by atoms with Crippen LogP contribution in [0.2, 0.25) is 0 Å². The van der Waals surface area contributed by atoms with E-state index in [0.29, 0.717) is 17.2 Å². The third-order valence-corrected chi connectivity index (χ3v) is 4.47. The third-order valence-electron chi connectivity index (χ3n) is 4.47. The van der Waals surface area contributed by atoms with Gasteiger partial charge in [0.1, 0.15) is 18.0 Å². The first kappa shape index (κ1) is 16.0. The van der Waals surface area contributed by atoms with Gasteiger partial charge in [0.2, 0.25) is 0 Å². The van der Waals surface area contributed by atoms with Crippen molar-refractivity contribution in [2.45, 2.75) is 39.5 Å². The minimum absolute atomic E-state index is 0.310. The first-order valence-electron chi connectivity index (χ1n) is 7.69. The fraction of sp³-hybridized carbons (Fsp3) is 0.733. The summed E-state index contributed by atoms with van der Waals surface area (Å²) >= 11 is 0. The van der Waals surface area contributed by atoms with Gasteiger partial charge in [0.15, 0.2) is 0 Å². The highest BCUT2D eigenvalue weighted by Crippen LogP contribution is 2.32. The molecule has 1 aromatic rings. The summed E-state index contributed by atoms with van der Waals surface area (Å²) in [6.07, 6.45) is 3.97. The Balaban J connectivity index is 2.09. The summed E-state index contributed by atoms with van der Waals surface area (Å²) in [6, 6.07) is 0. The molecule has 6 heteroatoms. The van der Waals surface area contributed by atoms with E-state index >= 15 is 0 Å². The minimum atomic E-state index is 0.310. The lowest BCUT2D eigenvalue weighted by atomic mass is 9.80. The summed E-state index contributed by atoms with van der Waals surface area (Å²) in [5.74, 6) is 7.48. The molecule has 0 bridgehead atoms. The molecule has 0 radical (unpaired) electrons. The van der Waals surface area contributed by atoms with E-state index in [2.05, 4.69) is 53.4 Å². The average molecular weight is 292 g/mol. The molecule has 118 valence electrons. The van der Waals surface area contributed by atoms with Gasteiger partial charge in [0, 0.05) is 12.1 Å². The van der Waals surface area contributed by atoms with E-state index in [1.165, 1.54) is 12.8 Å². The summed E-state index contributed by atoms with van der Waals surface area (Å²) in [5.41, 5.74) is 4.05. The molecule has 0 aliphatic carbocycles. The predicted octanol–water partition coefficient (Wildman–Crippen LogP) is 2.03. The molecule has 0 unspecified atom stereocenters. The number of nitrogens with zero attached hydrogens (tertiary/aromatic N) is 3. The lowest BCUT2D eigenvalue weighted by Crippen LogP contribution is -2.40. The second-order valence-electron chi connectivity index (χ2n) is 6.75. The molecule has 6 nitrogen and oxygen atoms in total. The maximum absolute atomic E-state index is 5.56. The quantitative estimate of drug-likeness (QED) is 0.569. The molecule has 2 rings (SSSR count). The van der Waals surface area contributed by atoms with E-state index in [9.17, 15) is 0 Å². The van der Waals surface area contributed by atoms with E-state index in [4.69, 9.17) is 5.84 Å². The Labute approximate surface area is 127 Å². The molecule has 0 spiro atoms. The Morgan fingerprint density at radius 1 is 1.29 bits per heavy atom. The van der Waals surface area contributed by atoms with Gasteiger partial charge in [-0.2, -0.15) is 0 Å². The van der Waals surface area contributed by atoms with Crippen LogP contribution >= 0.6 is 0 Å². The van der Waals surface area contributed by atoms with Crippen molar-refractivity contribution >= 4 is 11.6 Å². The SMILES string of the molecule is CC(C)c1c(NN)ncnc1NCC1(C)CCN(C)CC1. The monoisotopic (exact) mass is 292 g/mol. The van der Waals surface area contributed by atoms with Gasteiger partial charge in [-0.05, 0) is 44.3 Å². The Morgan fingerprint density at radius 2 is 1.90 bits per heavy atom. The van der Waals surface area contributed by atoms with E-state index in [0.717, 1.165) is 31.0 Å². The number of hydrogen-bond donors (Lipinski definition) is 3. The number of nitrogens with one attached hydrogen (secondary N) is 2. The predicted molar refractivity (Wildman–Crippen MR) is 87.3 cm³/mol. The van der Waals surface area contributed by atoms with Crippen LogP contribution in [0.5, 0.6) is 0 Å². The number of piperidine rings is 1. The summed E-state index contributed by atoms with van der Waals surface area (Å²) in [7, 11) is 2.19. The van der Waals surface area contributed by atoms with Crippen molar-refractivity contribution < 1.29 is 0 Å². The van der Waals surface area contributed by atoms with Crippen LogP contribution in [0.25, 0.3) is 0 Å². The Hall–Kier alpha value is -1.40. The van der Waals surface area contributed by atoms with Gasteiger partial charge in [-0.15, -0.1) is 0 Å². The number of hydrazine groups is 1. The third kappa shape index (κ3) is 3.83. The Bertz CT molecular complexity index is 465. The van der Waals surface area contributed by atoms with Crippen molar-refractivity contribution in [3.8, 4) is 0 Å². The van der Waals surface area contributed by atoms with Crippen molar-refractivity contribution in [3.63, 3.8) is 0 Å². The molecule has 0 amide bonds. The fourth-order valence-corrected chi connectivity index (χ4v) is 2.83. The van der Waals surface area contributed by atoms with Crippen molar-refractivity contribution in [2.75, 3.05) is 37.4 Å². The highest BCUT2D eigenvalue weighted by molar-refractivity contribution is 5.58. The molecule has 1 aliphatic rings. The van der Waals surface area contributed by atoms with Crippen LogP contribution in [-0.4, -0.2) is 41.5 Å². The van der Waals surface area contributed by atoms with E-state index in [-0.39, 0.29) is 0 Å². The van der Waals surface area contributed by atoms with Crippen LogP contribution in [0, 0.1) is 5.41 Å². The molecule has 0 aromatic carbocycles. The summed E-state index contributed by atoms with van der Waals surface area (Å²) in [5, 5.41) is 3.53. The topological polar surface area (TPSA) is 79.1 Å². The van der Waals surface area contributed by atoms with Gasteiger partial charge in [-0.1, -0.05) is 20.8 Å². The summed E-state index contributed by atoms with van der Waals surface area (Å²) in [4.78, 5) is 11.0. The molecule has 21 heavy (non-hydrogen) atoms. The number of aromatic nitrogens is 2. The zero-order valence-electron chi connectivity index (χ0n) is 13.6. The summed E-state index contributed by atoms with van der Waals surface area (Å²) in [6.45, 7) is 9.86. The number of nitrogens with two attached hydrogens (primary N) is 1. The first-order chi connectivity index (χ1) is 9.95. The zero-order chi connectivity index (χ0) is 15.5. The lowest BCUT2D eigenvalue weighted by molar-refractivity contribution is 0.150. The van der Waals surface area contributed by atoms with E-state index in [1.807, 2.05) is 0 Å². The minimum Gasteiger partial charge on any atom is -0.369 e. The second-order valence-corrected chi connectivity index (χ2v) is 6.75. The maximum Gasteiger partial charge on any atom is 0.148 e. The van der Waals surface area contributed by atoms with Crippen LogP contribution in [0.1, 0.15) is 45.1 Å². The smallest absolute Gasteiger partial charge is 0.148 e. The molecule has 1 aromatic heterocycles. The van der Waals surface area contributed by atoms with Crippen LogP contribution < -0.4 is 16.6 Å². The molecule has 1 aliphatic heterocycles. The molecule has 0 atom stereocenters. The largest absolute Gasteiger partial charge is 0.369 e. The van der Waals surface area contributed by atoms with Crippen molar-refractivity contribution in [3.05, 3.63) is 11.9 Å². The molecular weight excluding hydrogens is 264 g/mol. The van der Waals surface area contributed by atoms with Crippen LogP contribution in [0.3, 0.4) is 0 Å². The highest BCUT2D eigenvalue weighted by atomic mass is 15.3. The van der Waals surface area contributed by atoms with Crippen LogP contribution in [0.4, 0.5) is 11.6 Å². The number of anilines is 2. The molecular formula is C15H28N6. The molecule has 4 N–H and O–H groups in total. The van der Waals surface area contributed by atoms with Crippen molar-refractivity contribution in [1.82, 2.24) is 14.9 Å².